The molecule has 0 aliphatic carbocycles. The first kappa shape index (κ1) is 16.4. The first-order valence-electron chi connectivity index (χ1n) is 6.54. The molecule has 22 heavy (non-hydrogen) atoms. The lowest BCUT2D eigenvalue weighted by Gasteiger charge is -2.04. The predicted octanol–water partition coefficient (Wildman–Crippen LogP) is 3.91. The monoisotopic (exact) mass is 377 g/mol. The van der Waals surface area contributed by atoms with E-state index in [1.54, 1.807) is 18.2 Å². The molecule has 0 unspecified atom stereocenters. The Hall–Kier alpha value is -1.96. The highest BCUT2D eigenvalue weighted by molar-refractivity contribution is 9.10. The van der Waals surface area contributed by atoms with Crippen molar-refractivity contribution in [2.24, 2.45) is 0 Å². The van der Waals surface area contributed by atoms with E-state index >= 15 is 0 Å². The summed E-state index contributed by atoms with van der Waals surface area (Å²) in [5.74, 6) is 6.08. The number of nitrogens with one attached hydrogen (secondary N) is 1. The lowest BCUT2D eigenvalue weighted by molar-refractivity contribution is 0.0958. The zero-order chi connectivity index (χ0) is 15.8. The smallest absolute Gasteiger partial charge is 0.253 e. The van der Waals surface area contributed by atoms with Gasteiger partial charge in [0.1, 0.15) is 12.4 Å². The van der Waals surface area contributed by atoms with Gasteiger partial charge in [-0.2, -0.15) is 0 Å². The van der Waals surface area contributed by atoms with Gasteiger partial charge in [0.2, 0.25) is 0 Å². The number of hydrogen-bond donors (Lipinski definition) is 1. The number of halogens is 2. The standard InChI is InChI=1S/C17H13BrClNO2/c18-14-8-2-1-7-13(14)17(21)20-11-5-6-12-22-16-10-4-3-9-15(16)19/h1-4,7-10H,11-12H2,(H,20,21). The van der Waals surface area contributed by atoms with E-state index in [9.17, 15) is 4.79 Å². The Balaban J connectivity index is 1.77. The second-order valence-electron chi connectivity index (χ2n) is 4.24. The highest BCUT2D eigenvalue weighted by Gasteiger charge is 2.06. The average Bonchev–Trinajstić information content (AvgIpc) is 2.52. The highest BCUT2D eigenvalue weighted by atomic mass is 79.9. The van der Waals surface area contributed by atoms with E-state index in [-0.39, 0.29) is 19.1 Å². The van der Waals surface area contributed by atoms with Gasteiger partial charge < -0.3 is 10.1 Å². The molecule has 0 radical (unpaired) electrons. The number of benzene rings is 2. The van der Waals surface area contributed by atoms with Crippen LogP contribution in [0.25, 0.3) is 0 Å². The molecule has 2 rings (SSSR count). The molecule has 0 atom stereocenters. The normalized spacial score (nSPS) is 9.55. The molecule has 0 aliphatic heterocycles. The molecular formula is C17H13BrClNO2. The van der Waals surface area contributed by atoms with Crippen molar-refractivity contribution in [1.82, 2.24) is 5.32 Å². The third-order valence-corrected chi connectivity index (χ3v) is 3.72. The molecule has 5 heteroatoms. The predicted molar refractivity (Wildman–Crippen MR) is 91.2 cm³/mol. The van der Waals surface area contributed by atoms with Gasteiger partial charge in [0.25, 0.3) is 5.91 Å². The van der Waals surface area contributed by atoms with E-state index in [0.717, 1.165) is 4.47 Å². The Morgan fingerprint density at radius 3 is 2.64 bits per heavy atom. The molecule has 3 nitrogen and oxygen atoms in total. The molecule has 0 aromatic heterocycles. The first-order chi connectivity index (χ1) is 10.7. The van der Waals surface area contributed by atoms with E-state index in [4.69, 9.17) is 16.3 Å². The number of ether oxygens (including phenoxy) is 1. The summed E-state index contributed by atoms with van der Waals surface area (Å²) >= 11 is 9.29. The second kappa shape index (κ2) is 8.47. The average molecular weight is 379 g/mol. The van der Waals surface area contributed by atoms with Crippen LogP contribution in [0.15, 0.2) is 53.0 Å². The minimum Gasteiger partial charge on any atom is -0.479 e. The summed E-state index contributed by atoms with van der Waals surface area (Å²) in [6, 6.07) is 14.4. The number of para-hydroxylation sites is 1. The van der Waals surface area contributed by atoms with Crippen LogP contribution in [0.2, 0.25) is 5.02 Å². The van der Waals surface area contributed by atoms with Crippen molar-refractivity contribution in [3.05, 3.63) is 63.6 Å². The van der Waals surface area contributed by atoms with Gasteiger partial charge >= 0.3 is 0 Å². The SMILES string of the molecule is O=C(NCC#CCOc1ccccc1Cl)c1ccccc1Br. The first-order valence-corrected chi connectivity index (χ1v) is 7.71. The van der Waals surface area contributed by atoms with Crippen LogP contribution in [0.3, 0.4) is 0 Å². The maximum atomic E-state index is 11.9. The summed E-state index contributed by atoms with van der Waals surface area (Å²) in [5, 5.41) is 3.27. The van der Waals surface area contributed by atoms with Crippen LogP contribution in [0.5, 0.6) is 5.75 Å². The van der Waals surface area contributed by atoms with Crippen LogP contribution in [0.4, 0.5) is 0 Å². The third kappa shape index (κ3) is 4.80. The van der Waals surface area contributed by atoms with Crippen LogP contribution in [-0.4, -0.2) is 19.1 Å². The third-order valence-electron chi connectivity index (χ3n) is 2.72. The van der Waals surface area contributed by atoms with E-state index in [1.165, 1.54) is 0 Å². The van der Waals surface area contributed by atoms with Crippen LogP contribution >= 0.6 is 27.5 Å². The molecule has 0 saturated carbocycles. The Labute approximate surface area is 142 Å². The Morgan fingerprint density at radius 1 is 1.14 bits per heavy atom. The molecule has 2 aromatic rings. The quantitative estimate of drug-likeness (QED) is 0.819. The number of amides is 1. The number of rotatable bonds is 4. The van der Waals surface area contributed by atoms with Crippen molar-refractivity contribution >= 4 is 33.4 Å². The number of carbonyl (C=O) groups excluding carboxylic acids is 1. The van der Waals surface area contributed by atoms with Gasteiger partial charge in [0.05, 0.1) is 17.1 Å². The van der Waals surface area contributed by atoms with Gasteiger partial charge in [0, 0.05) is 4.47 Å². The minimum absolute atomic E-state index is 0.172. The number of hydrogen-bond acceptors (Lipinski definition) is 2. The van der Waals surface area contributed by atoms with Crippen LogP contribution in [0.1, 0.15) is 10.4 Å². The van der Waals surface area contributed by atoms with Gasteiger partial charge in [-0.15, -0.1) is 0 Å². The number of carbonyl (C=O) groups is 1. The van der Waals surface area contributed by atoms with E-state index < -0.39 is 0 Å². The van der Waals surface area contributed by atoms with Gasteiger partial charge in [0.15, 0.2) is 0 Å². The lowest BCUT2D eigenvalue weighted by Crippen LogP contribution is -2.23. The van der Waals surface area contributed by atoms with Crippen molar-refractivity contribution < 1.29 is 9.53 Å². The van der Waals surface area contributed by atoms with Gasteiger partial charge in [-0.1, -0.05) is 47.7 Å². The fraction of sp³-hybridized carbons (Fsp3) is 0.118. The minimum atomic E-state index is -0.172. The van der Waals surface area contributed by atoms with E-state index in [1.807, 2.05) is 30.3 Å². The zero-order valence-corrected chi connectivity index (χ0v) is 13.9. The van der Waals surface area contributed by atoms with Crippen molar-refractivity contribution in [3.63, 3.8) is 0 Å². The van der Waals surface area contributed by atoms with Gasteiger partial charge in [-0.25, -0.2) is 0 Å². The summed E-state index contributed by atoms with van der Waals surface area (Å²) in [6.45, 7) is 0.473. The van der Waals surface area contributed by atoms with E-state index in [0.29, 0.717) is 16.3 Å². The molecule has 0 spiro atoms. The second-order valence-corrected chi connectivity index (χ2v) is 5.50. The molecule has 2 aromatic carbocycles. The van der Waals surface area contributed by atoms with Crippen molar-refractivity contribution in [1.29, 1.82) is 0 Å². The van der Waals surface area contributed by atoms with Crippen LogP contribution in [-0.2, 0) is 0 Å². The molecule has 1 N–H and O–H groups in total. The van der Waals surface area contributed by atoms with Crippen molar-refractivity contribution in [2.75, 3.05) is 13.2 Å². The van der Waals surface area contributed by atoms with Crippen LogP contribution < -0.4 is 10.1 Å². The van der Waals surface area contributed by atoms with Gasteiger partial charge in [-0.05, 0) is 40.2 Å². The van der Waals surface area contributed by atoms with E-state index in [2.05, 4.69) is 33.1 Å². The Kier molecular flexibility index (Phi) is 6.32. The summed E-state index contributed by atoms with van der Waals surface area (Å²) < 4.78 is 6.17. The molecule has 0 heterocycles. The largest absolute Gasteiger partial charge is 0.479 e. The maximum Gasteiger partial charge on any atom is 0.253 e. The fourth-order valence-electron chi connectivity index (χ4n) is 1.65. The summed E-state index contributed by atoms with van der Waals surface area (Å²) in [5.41, 5.74) is 0.580. The summed E-state index contributed by atoms with van der Waals surface area (Å²) in [6.07, 6.45) is 0. The fourth-order valence-corrected chi connectivity index (χ4v) is 2.31. The molecule has 0 aliphatic rings. The molecule has 0 bridgehead atoms. The lowest BCUT2D eigenvalue weighted by atomic mass is 10.2. The highest BCUT2D eigenvalue weighted by Crippen LogP contribution is 2.22. The molecular weight excluding hydrogens is 366 g/mol. The van der Waals surface area contributed by atoms with Crippen molar-refractivity contribution in [3.8, 4) is 17.6 Å². The summed E-state index contributed by atoms with van der Waals surface area (Å²) in [4.78, 5) is 11.9. The van der Waals surface area contributed by atoms with Gasteiger partial charge in [-0.3, -0.25) is 4.79 Å². The Bertz CT molecular complexity index is 722. The zero-order valence-electron chi connectivity index (χ0n) is 11.6. The Morgan fingerprint density at radius 2 is 1.86 bits per heavy atom. The molecule has 0 saturated heterocycles. The summed E-state index contributed by atoms with van der Waals surface area (Å²) in [7, 11) is 0. The molecule has 1 amide bonds. The topological polar surface area (TPSA) is 38.3 Å². The maximum absolute atomic E-state index is 11.9. The van der Waals surface area contributed by atoms with Crippen LogP contribution in [0, 0.1) is 11.8 Å². The van der Waals surface area contributed by atoms with Crippen molar-refractivity contribution in [2.45, 2.75) is 0 Å². The molecule has 0 fully saturated rings. The molecule has 112 valence electrons.